The van der Waals surface area contributed by atoms with E-state index < -0.39 is 0 Å². The van der Waals surface area contributed by atoms with Crippen molar-refractivity contribution in [3.63, 3.8) is 0 Å². The van der Waals surface area contributed by atoms with E-state index >= 15 is 0 Å². The Bertz CT molecular complexity index is 611. The van der Waals surface area contributed by atoms with Crippen LogP contribution in [-0.4, -0.2) is 5.91 Å². The van der Waals surface area contributed by atoms with Gasteiger partial charge in [-0.2, -0.15) is 0 Å². The fraction of sp³-hybridized carbons (Fsp3) is 0.133. The highest BCUT2D eigenvalue weighted by molar-refractivity contribution is 6.30. The lowest BCUT2D eigenvalue weighted by Gasteiger charge is -2.09. The fourth-order valence-corrected chi connectivity index (χ4v) is 2.15. The van der Waals surface area contributed by atoms with Gasteiger partial charge in [-0.05, 0) is 48.4 Å². The quantitative estimate of drug-likeness (QED) is 0.821. The summed E-state index contributed by atoms with van der Waals surface area (Å²) in [6.45, 7) is 1.90. The van der Waals surface area contributed by atoms with Crippen molar-refractivity contribution < 1.29 is 4.79 Å². The Morgan fingerprint density at radius 2 is 2.00 bits per heavy atom. The number of aryl methyl sites for hydroxylation is 1. The van der Waals surface area contributed by atoms with Crippen LogP contribution in [0.3, 0.4) is 0 Å². The molecule has 0 saturated heterocycles. The molecule has 0 aliphatic carbocycles. The summed E-state index contributed by atoms with van der Waals surface area (Å²) < 4.78 is 0. The summed E-state index contributed by atoms with van der Waals surface area (Å²) >= 11 is 11.6. The van der Waals surface area contributed by atoms with Crippen LogP contribution in [0.2, 0.25) is 5.02 Å². The topological polar surface area (TPSA) is 29.1 Å². The van der Waals surface area contributed by atoms with Gasteiger partial charge in [0.05, 0.1) is 0 Å². The molecule has 0 heterocycles. The van der Waals surface area contributed by atoms with Crippen LogP contribution in [0.4, 0.5) is 5.69 Å². The lowest BCUT2D eigenvalue weighted by Crippen LogP contribution is -2.12. The zero-order chi connectivity index (χ0) is 13.8. The summed E-state index contributed by atoms with van der Waals surface area (Å²) in [5, 5.41) is 3.52. The Morgan fingerprint density at radius 1 is 1.21 bits per heavy atom. The average Bonchev–Trinajstić information content (AvgIpc) is 2.42. The van der Waals surface area contributed by atoms with Gasteiger partial charge in [0.1, 0.15) is 0 Å². The van der Waals surface area contributed by atoms with Crippen LogP contribution in [-0.2, 0) is 5.88 Å². The summed E-state index contributed by atoms with van der Waals surface area (Å²) in [6.07, 6.45) is 0. The van der Waals surface area contributed by atoms with Crippen molar-refractivity contribution in [2.75, 3.05) is 5.32 Å². The highest BCUT2D eigenvalue weighted by atomic mass is 35.5. The van der Waals surface area contributed by atoms with Gasteiger partial charge in [0.15, 0.2) is 0 Å². The molecule has 4 heteroatoms. The number of benzene rings is 2. The lowest BCUT2D eigenvalue weighted by molar-refractivity contribution is 0.102. The third-order valence-electron chi connectivity index (χ3n) is 2.78. The molecular formula is C15H13Cl2NO. The molecule has 98 valence electrons. The molecule has 2 rings (SSSR count). The van der Waals surface area contributed by atoms with Crippen molar-refractivity contribution in [2.24, 2.45) is 0 Å². The van der Waals surface area contributed by atoms with E-state index in [9.17, 15) is 4.79 Å². The first-order valence-corrected chi connectivity index (χ1v) is 6.74. The van der Waals surface area contributed by atoms with E-state index in [1.807, 2.05) is 25.1 Å². The molecule has 1 N–H and O–H groups in total. The van der Waals surface area contributed by atoms with Gasteiger partial charge in [0, 0.05) is 22.2 Å². The number of amides is 1. The zero-order valence-electron chi connectivity index (χ0n) is 10.4. The molecule has 0 unspecified atom stereocenters. The Kier molecular flexibility index (Phi) is 4.46. The molecule has 2 aromatic carbocycles. The van der Waals surface area contributed by atoms with Crippen LogP contribution >= 0.6 is 23.2 Å². The summed E-state index contributed by atoms with van der Waals surface area (Å²) in [5.41, 5.74) is 3.19. The number of alkyl halides is 1. The number of hydrogen-bond acceptors (Lipinski definition) is 1. The number of hydrogen-bond donors (Lipinski definition) is 1. The van der Waals surface area contributed by atoms with Crippen LogP contribution in [0.15, 0.2) is 42.5 Å². The van der Waals surface area contributed by atoms with Gasteiger partial charge >= 0.3 is 0 Å². The van der Waals surface area contributed by atoms with Gasteiger partial charge in [-0.1, -0.05) is 23.7 Å². The first kappa shape index (κ1) is 13.9. The second kappa shape index (κ2) is 6.09. The Hall–Kier alpha value is -1.51. The van der Waals surface area contributed by atoms with Crippen LogP contribution in [0.5, 0.6) is 0 Å². The van der Waals surface area contributed by atoms with Gasteiger partial charge < -0.3 is 5.32 Å². The molecule has 0 aromatic heterocycles. The number of halogens is 2. The molecule has 19 heavy (non-hydrogen) atoms. The predicted octanol–water partition coefficient (Wildman–Crippen LogP) is 4.64. The van der Waals surface area contributed by atoms with Crippen LogP contribution in [0.25, 0.3) is 0 Å². The molecule has 2 nitrogen and oxygen atoms in total. The van der Waals surface area contributed by atoms with Gasteiger partial charge in [-0.3, -0.25) is 4.79 Å². The van der Waals surface area contributed by atoms with E-state index in [1.54, 1.807) is 24.3 Å². The fourth-order valence-electron chi connectivity index (χ4n) is 1.76. The smallest absolute Gasteiger partial charge is 0.255 e. The summed E-state index contributed by atoms with van der Waals surface area (Å²) in [7, 11) is 0. The SMILES string of the molecule is Cc1cc(Cl)ccc1NC(=O)c1cccc(CCl)c1. The molecule has 0 bridgehead atoms. The molecule has 0 fully saturated rings. The van der Waals surface area contributed by atoms with E-state index in [4.69, 9.17) is 23.2 Å². The van der Waals surface area contributed by atoms with Gasteiger partial charge in [0.25, 0.3) is 5.91 Å². The first-order valence-electron chi connectivity index (χ1n) is 5.82. The third kappa shape index (κ3) is 3.49. The Balaban J connectivity index is 2.20. The van der Waals surface area contributed by atoms with E-state index in [1.165, 1.54) is 0 Å². The Morgan fingerprint density at radius 3 is 2.68 bits per heavy atom. The minimum absolute atomic E-state index is 0.155. The number of nitrogens with one attached hydrogen (secondary N) is 1. The first-order chi connectivity index (χ1) is 9.10. The number of rotatable bonds is 3. The highest BCUT2D eigenvalue weighted by Gasteiger charge is 2.08. The third-order valence-corrected chi connectivity index (χ3v) is 3.32. The minimum Gasteiger partial charge on any atom is -0.322 e. The Labute approximate surface area is 122 Å². The van der Waals surface area contributed by atoms with E-state index in [0.29, 0.717) is 16.5 Å². The predicted molar refractivity (Wildman–Crippen MR) is 80.1 cm³/mol. The standard InChI is InChI=1S/C15H13Cl2NO/c1-10-7-13(17)5-6-14(10)18-15(19)12-4-2-3-11(8-12)9-16/h2-8H,9H2,1H3,(H,18,19). The van der Waals surface area contributed by atoms with Crippen LogP contribution < -0.4 is 5.32 Å². The maximum Gasteiger partial charge on any atom is 0.255 e. The van der Waals surface area contributed by atoms with Crippen molar-refractivity contribution in [3.05, 3.63) is 64.2 Å². The van der Waals surface area contributed by atoms with Gasteiger partial charge in [0.2, 0.25) is 0 Å². The van der Waals surface area contributed by atoms with Crippen LogP contribution in [0, 0.1) is 6.92 Å². The molecule has 0 saturated carbocycles. The van der Waals surface area contributed by atoms with E-state index in [-0.39, 0.29) is 5.91 Å². The monoisotopic (exact) mass is 293 g/mol. The van der Waals surface area contributed by atoms with Crippen molar-refractivity contribution in [1.29, 1.82) is 0 Å². The van der Waals surface area contributed by atoms with E-state index in [0.717, 1.165) is 16.8 Å². The second-order valence-electron chi connectivity index (χ2n) is 4.25. The molecule has 0 spiro atoms. The van der Waals surface area contributed by atoms with Crippen molar-refractivity contribution in [1.82, 2.24) is 0 Å². The summed E-state index contributed by atoms with van der Waals surface area (Å²) in [4.78, 5) is 12.1. The van der Waals surface area contributed by atoms with Crippen molar-refractivity contribution in [2.45, 2.75) is 12.8 Å². The summed E-state index contributed by atoms with van der Waals surface area (Å²) in [5.74, 6) is 0.235. The molecule has 2 aromatic rings. The van der Waals surface area contributed by atoms with Crippen molar-refractivity contribution in [3.8, 4) is 0 Å². The lowest BCUT2D eigenvalue weighted by atomic mass is 10.1. The van der Waals surface area contributed by atoms with Crippen molar-refractivity contribution >= 4 is 34.8 Å². The highest BCUT2D eigenvalue weighted by Crippen LogP contribution is 2.20. The molecule has 0 aliphatic heterocycles. The largest absolute Gasteiger partial charge is 0.322 e. The molecule has 0 radical (unpaired) electrons. The van der Waals surface area contributed by atoms with Crippen LogP contribution in [0.1, 0.15) is 21.5 Å². The maximum atomic E-state index is 12.1. The molecule has 0 aliphatic rings. The second-order valence-corrected chi connectivity index (χ2v) is 4.95. The van der Waals surface area contributed by atoms with Gasteiger partial charge in [-0.15, -0.1) is 11.6 Å². The van der Waals surface area contributed by atoms with E-state index in [2.05, 4.69) is 5.32 Å². The number of anilines is 1. The number of carbonyl (C=O) groups excluding carboxylic acids is 1. The minimum atomic E-state index is -0.155. The normalized spacial score (nSPS) is 10.3. The maximum absolute atomic E-state index is 12.1. The summed E-state index contributed by atoms with van der Waals surface area (Å²) in [6, 6.07) is 12.6. The average molecular weight is 294 g/mol. The zero-order valence-corrected chi connectivity index (χ0v) is 11.9. The van der Waals surface area contributed by atoms with Gasteiger partial charge in [-0.25, -0.2) is 0 Å². The molecule has 0 atom stereocenters. The molecule has 1 amide bonds. The number of carbonyl (C=O) groups is 1. The molecular weight excluding hydrogens is 281 g/mol.